The van der Waals surface area contributed by atoms with Crippen LogP contribution in [0.4, 0.5) is 4.39 Å². The Hall–Kier alpha value is -5.32. The Balaban J connectivity index is 1.33. The summed E-state index contributed by atoms with van der Waals surface area (Å²) in [6.45, 7) is 0.433. The third-order valence-electron chi connectivity index (χ3n) is 7.15. The second-order valence-electron chi connectivity index (χ2n) is 10.0. The topological polar surface area (TPSA) is 123 Å². The minimum absolute atomic E-state index is 0.141. The fraction of sp³-hybridized carbons (Fsp3) is 0.194. The largest absolute Gasteiger partial charge is 0.486 e. The van der Waals surface area contributed by atoms with Crippen LogP contribution in [-0.2, 0) is 11.3 Å². The molecule has 2 atom stereocenters. The van der Waals surface area contributed by atoms with Crippen LogP contribution in [0, 0.1) is 5.82 Å². The van der Waals surface area contributed by atoms with Crippen LogP contribution in [0.2, 0.25) is 0 Å². The summed E-state index contributed by atoms with van der Waals surface area (Å²) in [5.74, 6) is -0.942. The number of hydrogen-bond acceptors (Lipinski definition) is 7. The van der Waals surface area contributed by atoms with Crippen molar-refractivity contribution in [1.82, 2.24) is 25.7 Å². The lowest BCUT2D eigenvalue weighted by Gasteiger charge is -2.21. The molecule has 0 saturated carbocycles. The Labute approximate surface area is 240 Å². The molecular formula is C31H26FN5O5. The first kappa shape index (κ1) is 26.9. The molecule has 3 amide bonds. The zero-order valence-corrected chi connectivity index (χ0v) is 22.3. The monoisotopic (exact) mass is 567 g/mol. The van der Waals surface area contributed by atoms with Crippen LogP contribution in [0.1, 0.15) is 26.3 Å². The maximum atomic E-state index is 15.0. The van der Waals surface area contributed by atoms with Gasteiger partial charge in [0, 0.05) is 13.1 Å². The Kier molecular flexibility index (Phi) is 7.46. The molecule has 4 aromatic rings. The number of benzene rings is 3. The predicted octanol–water partition coefficient (Wildman–Crippen LogP) is 2.99. The minimum Gasteiger partial charge on any atom is -0.486 e. The number of rotatable bonds is 1. The maximum Gasteiger partial charge on any atom is 0.258 e. The number of nitrogens with zero attached hydrogens (tertiary/aromatic N) is 3. The summed E-state index contributed by atoms with van der Waals surface area (Å²) in [6, 6.07) is 19.3. The number of amides is 3. The van der Waals surface area contributed by atoms with E-state index in [-0.39, 0.29) is 37.1 Å². The van der Waals surface area contributed by atoms with Crippen molar-refractivity contribution in [2.75, 3.05) is 19.7 Å². The molecule has 4 heterocycles. The third kappa shape index (κ3) is 5.90. The van der Waals surface area contributed by atoms with Crippen molar-refractivity contribution in [3.05, 3.63) is 108 Å². The molecular weight excluding hydrogens is 541 g/mol. The van der Waals surface area contributed by atoms with Gasteiger partial charge in [-0.25, -0.2) is 4.39 Å². The molecule has 0 aliphatic carbocycles. The predicted molar refractivity (Wildman–Crippen MR) is 149 cm³/mol. The standard InChI is InChI=1S/C31H26FN5O5/c32-26-9-6-21-13-25(26)30(39)36-27-16-37(31(40)22-10-11-34-35-15-22)17-28(27)42-23-7-4-19(5-8-23)14-33-29(38)18-41-24-3-1-2-20(21)12-24/h1-13,15,27-28H,14,16-18H2,(H,33,38)(H,36,39)/t27-,28-/m0/s1. The summed E-state index contributed by atoms with van der Waals surface area (Å²) in [7, 11) is 0. The van der Waals surface area contributed by atoms with E-state index in [9.17, 15) is 18.8 Å². The molecule has 11 heteroatoms. The first-order valence-corrected chi connectivity index (χ1v) is 13.3. The highest BCUT2D eigenvalue weighted by Gasteiger charge is 2.38. The smallest absolute Gasteiger partial charge is 0.258 e. The summed E-state index contributed by atoms with van der Waals surface area (Å²) < 4.78 is 26.9. The number of nitrogens with one attached hydrogen (secondary N) is 2. The summed E-state index contributed by atoms with van der Waals surface area (Å²) in [5.41, 5.74) is 2.31. The van der Waals surface area contributed by atoms with Gasteiger partial charge in [0.05, 0.1) is 36.1 Å². The molecule has 2 N–H and O–H groups in total. The molecule has 10 nitrogen and oxygen atoms in total. The number of aromatic nitrogens is 2. The summed E-state index contributed by atoms with van der Waals surface area (Å²) in [5, 5.41) is 13.2. The number of likely N-dealkylation sites (tertiary alicyclic amines) is 1. The molecule has 7 rings (SSSR count). The van der Waals surface area contributed by atoms with E-state index in [1.54, 1.807) is 53.4 Å². The SMILES string of the molecule is O=C1COc2cccc(c2)-c2ccc(F)c(c2)C(=O)N[C@H]2CN(C(=O)c3ccnnc3)C[C@@H]2Oc2ccc(cc2)CN1. The molecule has 42 heavy (non-hydrogen) atoms. The molecule has 212 valence electrons. The van der Waals surface area contributed by atoms with Gasteiger partial charge in [0.2, 0.25) is 0 Å². The Bertz CT molecular complexity index is 1630. The van der Waals surface area contributed by atoms with Crippen LogP contribution in [0.5, 0.6) is 11.5 Å². The molecule has 1 fully saturated rings. The lowest BCUT2D eigenvalue weighted by molar-refractivity contribution is -0.123. The van der Waals surface area contributed by atoms with E-state index in [1.807, 2.05) is 12.1 Å². The second-order valence-corrected chi connectivity index (χ2v) is 10.0. The highest BCUT2D eigenvalue weighted by molar-refractivity contribution is 5.97. The van der Waals surface area contributed by atoms with Crippen molar-refractivity contribution in [1.29, 1.82) is 0 Å². The van der Waals surface area contributed by atoms with Crippen molar-refractivity contribution in [2.45, 2.75) is 18.7 Å². The molecule has 3 aromatic carbocycles. The average Bonchev–Trinajstić information content (AvgIpc) is 3.41. The maximum absolute atomic E-state index is 15.0. The number of ether oxygens (including phenoxy) is 2. The van der Waals surface area contributed by atoms with E-state index in [4.69, 9.17) is 9.47 Å². The molecule has 0 radical (unpaired) electrons. The highest BCUT2D eigenvalue weighted by atomic mass is 19.1. The zero-order chi connectivity index (χ0) is 29.1. The van der Waals surface area contributed by atoms with E-state index in [0.717, 1.165) is 5.56 Å². The number of carbonyl (C=O) groups is 3. The molecule has 3 aliphatic heterocycles. The third-order valence-corrected chi connectivity index (χ3v) is 7.15. The number of carbonyl (C=O) groups excluding carboxylic acids is 3. The van der Waals surface area contributed by atoms with E-state index in [2.05, 4.69) is 20.8 Å². The van der Waals surface area contributed by atoms with Gasteiger partial charge in [0.1, 0.15) is 23.4 Å². The van der Waals surface area contributed by atoms with Gasteiger partial charge in [0.15, 0.2) is 6.61 Å². The van der Waals surface area contributed by atoms with Crippen LogP contribution in [0.15, 0.2) is 85.2 Å². The average molecular weight is 568 g/mol. The van der Waals surface area contributed by atoms with E-state index in [1.165, 1.54) is 24.5 Å². The van der Waals surface area contributed by atoms with Crippen molar-refractivity contribution < 1.29 is 28.2 Å². The highest BCUT2D eigenvalue weighted by Crippen LogP contribution is 2.27. The van der Waals surface area contributed by atoms with E-state index >= 15 is 0 Å². The number of halogens is 1. The van der Waals surface area contributed by atoms with Gasteiger partial charge in [-0.3, -0.25) is 14.4 Å². The fourth-order valence-electron chi connectivity index (χ4n) is 4.95. The van der Waals surface area contributed by atoms with Gasteiger partial charge < -0.3 is 25.0 Å². The second kappa shape index (κ2) is 11.7. The van der Waals surface area contributed by atoms with Gasteiger partial charge >= 0.3 is 0 Å². The van der Waals surface area contributed by atoms with Gasteiger partial charge in [-0.1, -0.05) is 30.3 Å². The molecule has 1 aromatic heterocycles. The Morgan fingerprint density at radius 3 is 2.57 bits per heavy atom. The van der Waals surface area contributed by atoms with Crippen LogP contribution in [0.3, 0.4) is 0 Å². The lowest BCUT2D eigenvalue weighted by atomic mass is 10.0. The van der Waals surface area contributed by atoms with Crippen molar-refractivity contribution in [2.24, 2.45) is 0 Å². The van der Waals surface area contributed by atoms with Crippen molar-refractivity contribution in [3.8, 4) is 22.6 Å². The van der Waals surface area contributed by atoms with Gasteiger partial charge in [-0.2, -0.15) is 10.2 Å². The molecule has 0 unspecified atom stereocenters. The van der Waals surface area contributed by atoms with Gasteiger partial charge in [-0.05, 0) is 59.2 Å². The minimum atomic E-state index is -0.690. The van der Waals surface area contributed by atoms with Gasteiger partial charge in [0.25, 0.3) is 17.7 Å². The van der Waals surface area contributed by atoms with Crippen molar-refractivity contribution >= 4 is 17.7 Å². The molecule has 6 bridgehead atoms. The normalized spacial score (nSPS) is 18.6. The first-order valence-electron chi connectivity index (χ1n) is 13.3. The van der Waals surface area contributed by atoms with Gasteiger partial charge in [-0.15, -0.1) is 0 Å². The van der Waals surface area contributed by atoms with E-state index < -0.39 is 23.9 Å². The van der Waals surface area contributed by atoms with Crippen LogP contribution in [-0.4, -0.2) is 64.7 Å². The Morgan fingerprint density at radius 1 is 0.929 bits per heavy atom. The summed E-state index contributed by atoms with van der Waals surface area (Å²) >= 11 is 0. The van der Waals surface area contributed by atoms with Crippen LogP contribution in [0.25, 0.3) is 11.1 Å². The first-order chi connectivity index (χ1) is 20.4. The fourth-order valence-corrected chi connectivity index (χ4v) is 4.95. The Morgan fingerprint density at radius 2 is 1.76 bits per heavy atom. The number of fused-ring (bicyclic) bond motifs is 7. The van der Waals surface area contributed by atoms with Crippen LogP contribution >= 0.6 is 0 Å². The zero-order valence-electron chi connectivity index (χ0n) is 22.3. The van der Waals surface area contributed by atoms with Crippen LogP contribution < -0.4 is 20.1 Å². The molecule has 3 aliphatic rings. The quantitative estimate of drug-likeness (QED) is 0.363. The molecule has 1 saturated heterocycles. The number of hydrogen-bond donors (Lipinski definition) is 2. The molecule has 0 spiro atoms. The summed E-state index contributed by atoms with van der Waals surface area (Å²) in [6.07, 6.45) is 2.18. The lowest BCUT2D eigenvalue weighted by Crippen LogP contribution is -2.45. The van der Waals surface area contributed by atoms with Crippen molar-refractivity contribution in [3.63, 3.8) is 0 Å². The van der Waals surface area contributed by atoms with E-state index in [0.29, 0.717) is 34.7 Å². The summed E-state index contributed by atoms with van der Waals surface area (Å²) in [4.78, 5) is 40.6.